The van der Waals surface area contributed by atoms with Crippen molar-refractivity contribution in [1.29, 1.82) is 0 Å². The number of hydrogen-bond donors (Lipinski definition) is 2. The number of halogens is 2. The third kappa shape index (κ3) is 4.25. The SMILES string of the molecule is CCC(CC)NS(=O)(=O)c1cc(Br)cc(CNC)c1F. The lowest BCUT2D eigenvalue weighted by atomic mass is 10.2. The molecule has 0 saturated heterocycles. The second-order valence-corrected chi connectivity index (χ2v) is 7.14. The van der Waals surface area contributed by atoms with Crippen LogP contribution in [0.25, 0.3) is 0 Å². The molecule has 0 saturated carbocycles. The summed E-state index contributed by atoms with van der Waals surface area (Å²) in [5, 5.41) is 2.82. The van der Waals surface area contributed by atoms with Crippen LogP contribution in [-0.2, 0) is 16.6 Å². The minimum absolute atomic E-state index is 0.189. The number of nitrogens with one attached hydrogen (secondary N) is 2. The first-order chi connectivity index (χ1) is 9.35. The van der Waals surface area contributed by atoms with Gasteiger partial charge in [-0.05, 0) is 32.0 Å². The van der Waals surface area contributed by atoms with E-state index in [0.717, 1.165) is 0 Å². The molecule has 2 N–H and O–H groups in total. The highest BCUT2D eigenvalue weighted by molar-refractivity contribution is 9.10. The fourth-order valence-electron chi connectivity index (χ4n) is 1.87. The minimum atomic E-state index is -3.86. The van der Waals surface area contributed by atoms with E-state index in [2.05, 4.69) is 26.0 Å². The van der Waals surface area contributed by atoms with Crippen molar-refractivity contribution in [3.05, 3.63) is 28.0 Å². The Morgan fingerprint density at radius 3 is 2.40 bits per heavy atom. The molecule has 0 amide bonds. The van der Waals surface area contributed by atoms with Crippen molar-refractivity contribution in [3.8, 4) is 0 Å². The molecule has 0 heterocycles. The van der Waals surface area contributed by atoms with E-state index in [-0.39, 0.29) is 17.5 Å². The first kappa shape index (κ1) is 17.6. The number of sulfonamides is 1. The Kier molecular flexibility index (Phi) is 6.57. The van der Waals surface area contributed by atoms with Crippen LogP contribution in [-0.4, -0.2) is 21.5 Å². The zero-order chi connectivity index (χ0) is 15.3. The lowest BCUT2D eigenvalue weighted by Crippen LogP contribution is -2.34. The van der Waals surface area contributed by atoms with Gasteiger partial charge in [-0.15, -0.1) is 0 Å². The molecular weight excluding hydrogens is 347 g/mol. The molecule has 1 aromatic carbocycles. The Labute approximate surface area is 128 Å². The second-order valence-electron chi connectivity index (χ2n) is 4.54. The lowest BCUT2D eigenvalue weighted by Gasteiger charge is -2.16. The molecule has 0 bridgehead atoms. The smallest absolute Gasteiger partial charge is 0.243 e. The van der Waals surface area contributed by atoms with Gasteiger partial charge in [0.15, 0.2) is 0 Å². The van der Waals surface area contributed by atoms with Gasteiger partial charge in [0, 0.05) is 22.6 Å². The van der Waals surface area contributed by atoms with Crippen LogP contribution >= 0.6 is 15.9 Å². The molecule has 4 nitrogen and oxygen atoms in total. The topological polar surface area (TPSA) is 58.2 Å². The third-order valence-electron chi connectivity index (χ3n) is 3.04. The summed E-state index contributed by atoms with van der Waals surface area (Å²) in [6.45, 7) is 4.04. The van der Waals surface area contributed by atoms with Gasteiger partial charge in [-0.1, -0.05) is 29.8 Å². The summed E-state index contributed by atoms with van der Waals surface area (Å²) in [5.41, 5.74) is 0.312. The Morgan fingerprint density at radius 2 is 1.90 bits per heavy atom. The highest BCUT2D eigenvalue weighted by Gasteiger charge is 2.24. The molecule has 0 aliphatic heterocycles. The van der Waals surface area contributed by atoms with Gasteiger partial charge in [-0.3, -0.25) is 0 Å². The maximum atomic E-state index is 14.3. The standard InChI is InChI=1S/C13H20BrFN2O2S/c1-4-11(5-2)17-20(18,19)12-7-10(14)6-9(8-16-3)13(12)15/h6-7,11,16-17H,4-5,8H2,1-3H3. The summed E-state index contributed by atoms with van der Waals surface area (Å²) >= 11 is 3.22. The fraction of sp³-hybridized carbons (Fsp3) is 0.538. The molecule has 0 fully saturated rings. The lowest BCUT2D eigenvalue weighted by molar-refractivity contribution is 0.516. The summed E-state index contributed by atoms with van der Waals surface area (Å²) in [5.74, 6) is -0.707. The number of benzene rings is 1. The van der Waals surface area contributed by atoms with Crippen molar-refractivity contribution in [3.63, 3.8) is 0 Å². The highest BCUT2D eigenvalue weighted by Crippen LogP contribution is 2.24. The predicted octanol–water partition coefficient (Wildman–Crippen LogP) is 2.77. The molecule has 0 radical (unpaired) electrons. The van der Waals surface area contributed by atoms with E-state index in [1.165, 1.54) is 6.07 Å². The Bertz CT molecular complexity index is 560. The molecule has 1 aromatic rings. The average molecular weight is 367 g/mol. The van der Waals surface area contributed by atoms with Crippen molar-refractivity contribution in [2.45, 2.75) is 44.2 Å². The molecule has 7 heteroatoms. The van der Waals surface area contributed by atoms with E-state index in [1.54, 1.807) is 13.1 Å². The van der Waals surface area contributed by atoms with Gasteiger partial charge in [0.1, 0.15) is 10.7 Å². The summed E-state index contributed by atoms with van der Waals surface area (Å²) in [6.07, 6.45) is 1.32. The van der Waals surface area contributed by atoms with Crippen molar-refractivity contribution in [2.24, 2.45) is 0 Å². The van der Waals surface area contributed by atoms with Gasteiger partial charge in [0.2, 0.25) is 10.0 Å². The molecule has 0 atom stereocenters. The molecule has 0 aromatic heterocycles. The van der Waals surface area contributed by atoms with Gasteiger partial charge < -0.3 is 5.32 Å². The maximum Gasteiger partial charge on any atom is 0.243 e. The van der Waals surface area contributed by atoms with Crippen molar-refractivity contribution in [2.75, 3.05) is 7.05 Å². The fourth-order valence-corrected chi connectivity index (χ4v) is 4.08. The predicted molar refractivity (Wildman–Crippen MR) is 81.6 cm³/mol. The summed E-state index contributed by atoms with van der Waals surface area (Å²) < 4.78 is 42.0. The van der Waals surface area contributed by atoms with Gasteiger partial charge >= 0.3 is 0 Å². The second kappa shape index (κ2) is 7.49. The number of hydrogen-bond acceptors (Lipinski definition) is 3. The van der Waals surface area contributed by atoms with Crippen LogP contribution in [0.2, 0.25) is 0 Å². The molecule has 1 rings (SSSR count). The molecule has 0 unspecified atom stereocenters. The van der Waals surface area contributed by atoms with Gasteiger partial charge in [-0.25, -0.2) is 17.5 Å². The van der Waals surface area contributed by atoms with Crippen molar-refractivity contribution in [1.82, 2.24) is 10.0 Å². The average Bonchev–Trinajstić information content (AvgIpc) is 2.40. The third-order valence-corrected chi connectivity index (χ3v) is 5.02. The maximum absolute atomic E-state index is 14.3. The highest BCUT2D eigenvalue weighted by atomic mass is 79.9. The summed E-state index contributed by atoms with van der Waals surface area (Å²) in [6, 6.07) is 2.67. The molecule has 20 heavy (non-hydrogen) atoms. The molecular formula is C13H20BrFN2O2S. The van der Waals surface area contributed by atoms with Crippen molar-refractivity contribution >= 4 is 26.0 Å². The molecule has 0 aliphatic rings. The zero-order valence-electron chi connectivity index (χ0n) is 11.8. The Morgan fingerprint density at radius 1 is 1.30 bits per heavy atom. The normalized spacial score (nSPS) is 12.1. The molecule has 0 aliphatic carbocycles. The van der Waals surface area contributed by atoms with E-state index >= 15 is 0 Å². The van der Waals surface area contributed by atoms with Crippen LogP contribution in [0.3, 0.4) is 0 Å². The van der Waals surface area contributed by atoms with E-state index in [1.807, 2.05) is 13.8 Å². The Balaban J connectivity index is 3.24. The van der Waals surface area contributed by atoms with E-state index in [4.69, 9.17) is 0 Å². The van der Waals surface area contributed by atoms with E-state index in [0.29, 0.717) is 22.9 Å². The van der Waals surface area contributed by atoms with Gasteiger partial charge in [0.25, 0.3) is 0 Å². The minimum Gasteiger partial charge on any atom is -0.316 e. The van der Waals surface area contributed by atoms with E-state index in [9.17, 15) is 12.8 Å². The largest absolute Gasteiger partial charge is 0.316 e. The van der Waals surface area contributed by atoms with Crippen LogP contribution in [0.15, 0.2) is 21.5 Å². The zero-order valence-corrected chi connectivity index (χ0v) is 14.2. The van der Waals surface area contributed by atoms with Gasteiger partial charge in [-0.2, -0.15) is 0 Å². The van der Waals surface area contributed by atoms with Crippen LogP contribution < -0.4 is 10.0 Å². The molecule has 0 spiro atoms. The van der Waals surface area contributed by atoms with E-state index < -0.39 is 15.8 Å². The van der Waals surface area contributed by atoms with Crippen LogP contribution in [0, 0.1) is 5.82 Å². The quantitative estimate of drug-likeness (QED) is 0.779. The monoisotopic (exact) mass is 366 g/mol. The number of rotatable bonds is 7. The summed E-state index contributed by atoms with van der Waals surface area (Å²) in [4.78, 5) is -0.316. The van der Waals surface area contributed by atoms with Crippen LogP contribution in [0.5, 0.6) is 0 Å². The first-order valence-electron chi connectivity index (χ1n) is 6.50. The van der Waals surface area contributed by atoms with Crippen LogP contribution in [0.4, 0.5) is 4.39 Å². The summed E-state index contributed by atoms with van der Waals surface area (Å²) in [7, 11) is -2.18. The molecule has 114 valence electrons. The first-order valence-corrected chi connectivity index (χ1v) is 8.78. The Hall–Kier alpha value is -0.500. The van der Waals surface area contributed by atoms with Crippen LogP contribution in [0.1, 0.15) is 32.3 Å². The van der Waals surface area contributed by atoms with Crippen molar-refractivity contribution < 1.29 is 12.8 Å². The van der Waals surface area contributed by atoms with Gasteiger partial charge in [0.05, 0.1) is 0 Å².